The Balaban J connectivity index is 1.08. The van der Waals surface area contributed by atoms with Crippen LogP contribution < -0.4 is 15.0 Å². The van der Waals surface area contributed by atoms with Gasteiger partial charge in [0.2, 0.25) is 15.9 Å². The van der Waals surface area contributed by atoms with Gasteiger partial charge < -0.3 is 39.4 Å². The Kier molecular flexibility index (Phi) is 22.1. The number of benzene rings is 3. The van der Waals surface area contributed by atoms with Crippen molar-refractivity contribution in [1.82, 2.24) is 4.31 Å². The van der Waals surface area contributed by atoms with E-state index in [9.17, 15) is 33.0 Å². The standard InChI is InChI=1S/C63H89N3O11S2/c1-9-10-11-12-13-14-15-16-17-18-19-20-57(68)64-47-24-23-45(51(37-47)60-59(61(70)71)52-38-62(4,5)33-31-56(52)78-60)40-65(7)48-25-21-44(22-26-48)35-46(36-58(69)77-55-42-76-63(6)53(55)32-34-75-63)54(67)41-66(39-43(2)3)79(72,73)50-29-27-49(74-8)28-30-50/h21-30,37,43,46,53-55,67H,9-20,31-36,38-42H2,1-8H3,(H,64,68)(H,70,71)/t46-,53+,54-,55?,63-/m1/s1. The highest BCUT2D eigenvalue weighted by Crippen LogP contribution is 2.47. The summed E-state index contributed by atoms with van der Waals surface area (Å²) in [6.45, 7) is 13.4. The van der Waals surface area contributed by atoms with Crippen LogP contribution in [0.1, 0.15) is 170 Å². The lowest BCUT2D eigenvalue weighted by atomic mass is 9.76. The van der Waals surface area contributed by atoms with Crippen molar-refractivity contribution in [3.05, 3.63) is 93.9 Å². The molecule has 0 saturated carbocycles. The first-order valence-corrected chi connectivity index (χ1v) is 31.4. The van der Waals surface area contributed by atoms with Crippen LogP contribution in [0.15, 0.2) is 71.6 Å². The third-order valence-electron chi connectivity index (χ3n) is 16.3. The first-order valence-electron chi connectivity index (χ1n) is 29.1. The highest BCUT2D eigenvalue weighted by Gasteiger charge is 2.53. The second-order valence-electron chi connectivity index (χ2n) is 23.8. The maximum atomic E-state index is 14.2. The molecule has 1 aliphatic carbocycles. The van der Waals surface area contributed by atoms with Gasteiger partial charge in [0, 0.05) is 60.1 Å². The molecule has 3 N–H and O–H groups in total. The van der Waals surface area contributed by atoms with Crippen LogP contribution in [0.2, 0.25) is 0 Å². The number of hydrogen-bond donors (Lipinski definition) is 3. The number of carbonyl (C=O) groups excluding carboxylic acids is 2. The number of aryl methyl sites for hydroxylation is 1. The molecule has 79 heavy (non-hydrogen) atoms. The number of nitrogens with one attached hydrogen (secondary N) is 1. The lowest BCUT2D eigenvalue weighted by Crippen LogP contribution is -2.43. The largest absolute Gasteiger partial charge is 0.497 e. The number of nitrogens with zero attached hydrogens (tertiary/aromatic N) is 2. The van der Waals surface area contributed by atoms with Crippen LogP contribution in [0, 0.1) is 23.2 Å². The number of hydrogen-bond acceptors (Lipinski definition) is 12. The molecule has 434 valence electrons. The zero-order chi connectivity index (χ0) is 56.9. The van der Waals surface area contributed by atoms with E-state index in [4.69, 9.17) is 18.9 Å². The number of amides is 1. The highest BCUT2D eigenvalue weighted by atomic mass is 32.2. The molecule has 2 fully saturated rings. The number of sulfonamides is 1. The number of thiophene rings is 1. The van der Waals surface area contributed by atoms with Gasteiger partial charge in [-0.1, -0.05) is 117 Å². The molecule has 3 heterocycles. The SMILES string of the molecule is CCCCCCCCCCCCCC(=O)Nc1ccc(CN(C)c2ccc(C[C@H](CC(=O)OC3CO[C@@]4(C)OCC[C@@H]34)[C@H](O)CN(CC(C)C)S(=O)(=O)c3ccc(OC)cc3)cc2)c(-c2sc3c(c2C(=O)O)CC(C)(C)CC3)c1. The van der Waals surface area contributed by atoms with E-state index >= 15 is 0 Å². The number of aliphatic hydroxyl groups excluding tert-OH is 1. The van der Waals surface area contributed by atoms with Crippen LogP contribution in [0.4, 0.5) is 11.4 Å². The molecule has 7 rings (SSSR count). The quantitative estimate of drug-likeness (QED) is 0.0321. The first-order chi connectivity index (χ1) is 37.7. The Hall–Kier alpha value is -4.84. The van der Waals surface area contributed by atoms with E-state index < -0.39 is 45.9 Å². The fourth-order valence-corrected chi connectivity index (χ4v) is 14.6. The van der Waals surface area contributed by atoms with E-state index in [1.165, 1.54) is 74.9 Å². The average molecular weight is 1130 g/mol. The number of aromatic carboxylic acids is 1. The molecular formula is C63H89N3O11S2. The van der Waals surface area contributed by atoms with E-state index in [1.807, 2.05) is 70.3 Å². The van der Waals surface area contributed by atoms with Gasteiger partial charge in [-0.25, -0.2) is 13.2 Å². The van der Waals surface area contributed by atoms with Gasteiger partial charge in [0.1, 0.15) is 11.9 Å². The summed E-state index contributed by atoms with van der Waals surface area (Å²) >= 11 is 1.55. The summed E-state index contributed by atoms with van der Waals surface area (Å²) < 4.78 is 52.8. The molecule has 4 aromatic rings. The Morgan fingerprint density at radius 2 is 1.56 bits per heavy atom. The zero-order valence-electron chi connectivity index (χ0n) is 48.3. The summed E-state index contributed by atoms with van der Waals surface area (Å²) in [6.07, 6.45) is 15.1. The lowest BCUT2D eigenvalue weighted by molar-refractivity contribution is -0.181. The molecule has 1 amide bonds. The number of fused-ring (bicyclic) bond motifs is 2. The third-order valence-corrected chi connectivity index (χ3v) is 19.5. The molecule has 3 aromatic carbocycles. The van der Waals surface area contributed by atoms with Gasteiger partial charge in [-0.05, 0) is 128 Å². The van der Waals surface area contributed by atoms with Crippen LogP contribution in [0.3, 0.4) is 0 Å². The monoisotopic (exact) mass is 1130 g/mol. The second kappa shape index (κ2) is 28.2. The van der Waals surface area contributed by atoms with Crippen molar-refractivity contribution in [2.45, 2.75) is 187 Å². The lowest BCUT2D eigenvalue weighted by Gasteiger charge is -2.30. The van der Waals surface area contributed by atoms with E-state index in [2.05, 4.69) is 31.0 Å². The number of carboxylic acids is 1. The third kappa shape index (κ3) is 16.7. The maximum Gasteiger partial charge on any atom is 0.337 e. The van der Waals surface area contributed by atoms with Gasteiger partial charge in [-0.15, -0.1) is 11.3 Å². The second-order valence-corrected chi connectivity index (χ2v) is 26.9. The van der Waals surface area contributed by atoms with Crippen LogP contribution in [0.5, 0.6) is 5.75 Å². The van der Waals surface area contributed by atoms with Crippen molar-refractivity contribution >= 4 is 50.6 Å². The fraction of sp³-hybridized carbons (Fsp3) is 0.603. The molecule has 0 radical (unpaired) electrons. The van der Waals surface area contributed by atoms with Gasteiger partial charge >= 0.3 is 11.9 Å². The van der Waals surface area contributed by atoms with E-state index in [1.54, 1.807) is 23.5 Å². The minimum absolute atomic E-state index is 0.0264. The summed E-state index contributed by atoms with van der Waals surface area (Å²) in [5.41, 5.74) is 5.26. The molecule has 16 heteroatoms. The predicted octanol–water partition coefficient (Wildman–Crippen LogP) is 12.9. The smallest absolute Gasteiger partial charge is 0.337 e. The fourth-order valence-electron chi connectivity index (χ4n) is 11.7. The number of ether oxygens (including phenoxy) is 4. The summed E-state index contributed by atoms with van der Waals surface area (Å²) in [5, 5.41) is 26.1. The van der Waals surface area contributed by atoms with Crippen molar-refractivity contribution in [3.63, 3.8) is 0 Å². The summed E-state index contributed by atoms with van der Waals surface area (Å²) in [5.74, 6) is -2.72. The Morgan fingerprint density at radius 1 is 0.886 bits per heavy atom. The molecule has 0 spiro atoms. The van der Waals surface area contributed by atoms with Crippen molar-refractivity contribution in [2.75, 3.05) is 50.7 Å². The topological polar surface area (TPSA) is 181 Å². The first kappa shape index (κ1) is 61.8. The van der Waals surface area contributed by atoms with E-state index in [0.717, 1.165) is 64.9 Å². The van der Waals surface area contributed by atoms with Crippen molar-refractivity contribution in [3.8, 4) is 16.2 Å². The molecule has 3 aliphatic rings. The molecule has 5 atom stereocenters. The number of anilines is 2. The maximum absolute atomic E-state index is 14.2. The van der Waals surface area contributed by atoms with Crippen LogP contribution in [-0.4, -0.2) is 99.2 Å². The number of methoxy groups -OCH3 is 1. The Labute approximate surface area is 475 Å². The summed E-state index contributed by atoms with van der Waals surface area (Å²) in [7, 11) is -0.572. The molecular weight excluding hydrogens is 1040 g/mol. The Bertz CT molecular complexity index is 2760. The van der Waals surface area contributed by atoms with Gasteiger partial charge in [-0.3, -0.25) is 9.59 Å². The van der Waals surface area contributed by atoms with E-state index in [0.29, 0.717) is 54.3 Å². The molecule has 14 nitrogen and oxygen atoms in total. The Morgan fingerprint density at radius 3 is 2.20 bits per heavy atom. The van der Waals surface area contributed by atoms with E-state index in [-0.39, 0.29) is 60.6 Å². The van der Waals surface area contributed by atoms with Crippen LogP contribution in [0.25, 0.3) is 10.4 Å². The number of aliphatic hydroxyl groups is 1. The van der Waals surface area contributed by atoms with Crippen molar-refractivity contribution in [1.29, 1.82) is 0 Å². The number of esters is 1. The number of rotatable bonds is 31. The molecule has 2 saturated heterocycles. The van der Waals surface area contributed by atoms with Crippen LogP contribution in [-0.2, 0) is 59.6 Å². The number of carboxylic acid groups (broad SMARTS) is 1. The minimum Gasteiger partial charge on any atom is -0.497 e. The molecule has 0 bridgehead atoms. The summed E-state index contributed by atoms with van der Waals surface area (Å²) in [6, 6.07) is 19.9. The number of unbranched alkanes of at least 4 members (excludes halogenated alkanes) is 10. The van der Waals surface area contributed by atoms with Crippen molar-refractivity contribution < 1.29 is 52.0 Å². The molecule has 2 aliphatic heterocycles. The van der Waals surface area contributed by atoms with Crippen molar-refractivity contribution in [2.24, 2.45) is 23.2 Å². The van der Waals surface area contributed by atoms with Gasteiger partial charge in [-0.2, -0.15) is 4.31 Å². The normalized spacial score (nSPS) is 19.5. The van der Waals surface area contributed by atoms with Crippen LogP contribution >= 0.6 is 11.3 Å². The van der Waals surface area contributed by atoms with Gasteiger partial charge in [0.15, 0.2) is 5.79 Å². The molecule has 1 aromatic heterocycles. The minimum atomic E-state index is -4.06. The van der Waals surface area contributed by atoms with Gasteiger partial charge in [0.05, 0.1) is 49.2 Å². The summed E-state index contributed by atoms with van der Waals surface area (Å²) in [4.78, 5) is 44.5. The zero-order valence-corrected chi connectivity index (χ0v) is 49.9. The van der Waals surface area contributed by atoms with Gasteiger partial charge in [0.25, 0.3) is 0 Å². The number of carbonyl (C=O) groups is 3. The highest BCUT2D eigenvalue weighted by molar-refractivity contribution is 7.89. The molecule has 1 unspecified atom stereocenters. The predicted molar refractivity (Wildman–Crippen MR) is 313 cm³/mol. The average Bonchev–Trinajstić information content (AvgIpc) is 4.27.